The number of hydrogen-bond acceptors (Lipinski definition) is 4. The molecule has 1 N–H and O–H groups in total. The second-order valence-corrected chi connectivity index (χ2v) is 5.54. The van der Waals surface area contributed by atoms with Crippen LogP contribution in [0.3, 0.4) is 0 Å². The van der Waals surface area contributed by atoms with Gasteiger partial charge in [0.25, 0.3) is 0 Å². The van der Waals surface area contributed by atoms with Crippen LogP contribution in [0.15, 0.2) is 11.3 Å². The molecular formula is C15H22O4. The summed E-state index contributed by atoms with van der Waals surface area (Å²) in [5.74, 6) is 0.207. The number of aliphatic hydroxyl groups is 1. The number of Topliss-reactive ketones (excluding diaryl/α,β-unsaturated/α-hetero) is 2. The largest absolute Gasteiger partial charge is 0.511 e. The third-order valence-electron chi connectivity index (χ3n) is 4.16. The summed E-state index contributed by atoms with van der Waals surface area (Å²) in [4.78, 5) is 24.2. The predicted octanol–water partition coefficient (Wildman–Crippen LogP) is 2.57. The number of allylic oxidation sites excluding steroid dienone is 2. The lowest BCUT2D eigenvalue weighted by atomic mass is 9.74. The fourth-order valence-corrected chi connectivity index (χ4v) is 3.11. The van der Waals surface area contributed by atoms with Crippen molar-refractivity contribution in [2.75, 3.05) is 13.2 Å². The number of carbonyl (C=O) groups is 2. The molecule has 0 aromatic rings. The number of aliphatic hydroxyl groups excluding tert-OH is 1. The Balaban J connectivity index is 2.07. The van der Waals surface area contributed by atoms with Gasteiger partial charge in [0, 0.05) is 32.5 Å². The molecule has 0 atom stereocenters. The normalized spacial score (nSPS) is 25.7. The molecule has 1 saturated heterocycles. The van der Waals surface area contributed by atoms with Gasteiger partial charge in [0.1, 0.15) is 5.76 Å². The summed E-state index contributed by atoms with van der Waals surface area (Å²) < 4.78 is 5.32. The van der Waals surface area contributed by atoms with E-state index in [1.807, 2.05) is 6.92 Å². The molecule has 2 fully saturated rings. The number of rotatable bonds is 3. The van der Waals surface area contributed by atoms with Crippen molar-refractivity contribution in [2.45, 2.75) is 45.4 Å². The molecule has 0 aromatic carbocycles. The highest BCUT2D eigenvalue weighted by Crippen LogP contribution is 2.35. The zero-order valence-corrected chi connectivity index (χ0v) is 11.5. The molecule has 0 aromatic heterocycles. The molecule has 4 nitrogen and oxygen atoms in total. The maximum absolute atomic E-state index is 12.1. The Hall–Kier alpha value is -1.16. The van der Waals surface area contributed by atoms with Gasteiger partial charge < -0.3 is 9.84 Å². The number of hydrogen-bond donors (Lipinski definition) is 1. The molecule has 0 unspecified atom stereocenters. The maximum atomic E-state index is 12.1. The van der Waals surface area contributed by atoms with Crippen molar-refractivity contribution in [3.8, 4) is 0 Å². The molecule has 106 valence electrons. The quantitative estimate of drug-likeness (QED) is 0.484. The van der Waals surface area contributed by atoms with Gasteiger partial charge in [-0.3, -0.25) is 9.59 Å². The highest BCUT2D eigenvalue weighted by molar-refractivity contribution is 6.22. The second kappa shape index (κ2) is 6.33. The summed E-state index contributed by atoms with van der Waals surface area (Å²) >= 11 is 0. The summed E-state index contributed by atoms with van der Waals surface area (Å²) in [5.41, 5.74) is 0.0742. The summed E-state index contributed by atoms with van der Waals surface area (Å²) in [6.07, 6.45) is 3.82. The average molecular weight is 266 g/mol. The number of carbonyl (C=O) groups excluding carboxylic acids is 2. The van der Waals surface area contributed by atoms with E-state index < -0.39 is 0 Å². The zero-order valence-electron chi connectivity index (χ0n) is 11.5. The monoisotopic (exact) mass is 266 g/mol. The van der Waals surface area contributed by atoms with Gasteiger partial charge >= 0.3 is 0 Å². The van der Waals surface area contributed by atoms with Crippen molar-refractivity contribution in [2.24, 2.45) is 11.8 Å². The SMILES string of the molecule is CCCC(O)=C1C(=O)CC(C2CCOCC2)CC1=O. The Morgan fingerprint density at radius 3 is 2.26 bits per heavy atom. The van der Waals surface area contributed by atoms with Crippen LogP contribution in [-0.4, -0.2) is 29.9 Å². The van der Waals surface area contributed by atoms with Crippen LogP contribution in [0.5, 0.6) is 0 Å². The van der Waals surface area contributed by atoms with E-state index in [1.54, 1.807) is 0 Å². The minimum atomic E-state index is -0.168. The van der Waals surface area contributed by atoms with E-state index in [2.05, 4.69) is 0 Å². The van der Waals surface area contributed by atoms with Crippen LogP contribution < -0.4 is 0 Å². The second-order valence-electron chi connectivity index (χ2n) is 5.54. The molecular weight excluding hydrogens is 244 g/mol. The van der Waals surface area contributed by atoms with Crippen molar-refractivity contribution < 1.29 is 19.4 Å². The van der Waals surface area contributed by atoms with Gasteiger partial charge in [-0.25, -0.2) is 0 Å². The van der Waals surface area contributed by atoms with Crippen LogP contribution in [0.1, 0.15) is 45.4 Å². The first kappa shape index (κ1) is 14.3. The lowest BCUT2D eigenvalue weighted by Gasteiger charge is -2.32. The van der Waals surface area contributed by atoms with Crippen molar-refractivity contribution in [3.63, 3.8) is 0 Å². The van der Waals surface area contributed by atoms with Gasteiger partial charge in [0.2, 0.25) is 0 Å². The third-order valence-corrected chi connectivity index (χ3v) is 4.16. The van der Waals surface area contributed by atoms with Gasteiger partial charge in [-0.2, -0.15) is 0 Å². The van der Waals surface area contributed by atoms with E-state index in [4.69, 9.17) is 4.74 Å². The zero-order chi connectivity index (χ0) is 13.8. The van der Waals surface area contributed by atoms with E-state index in [0.717, 1.165) is 32.5 Å². The van der Waals surface area contributed by atoms with Crippen molar-refractivity contribution in [1.82, 2.24) is 0 Å². The Morgan fingerprint density at radius 2 is 1.74 bits per heavy atom. The van der Waals surface area contributed by atoms with Crippen LogP contribution in [0.25, 0.3) is 0 Å². The van der Waals surface area contributed by atoms with Crippen molar-refractivity contribution in [3.05, 3.63) is 11.3 Å². The highest BCUT2D eigenvalue weighted by Gasteiger charge is 2.36. The molecule has 0 bridgehead atoms. The van der Waals surface area contributed by atoms with Crippen LogP contribution in [0.2, 0.25) is 0 Å². The van der Waals surface area contributed by atoms with Gasteiger partial charge in [0.15, 0.2) is 11.6 Å². The Labute approximate surface area is 113 Å². The average Bonchev–Trinajstić information content (AvgIpc) is 2.39. The van der Waals surface area contributed by atoms with Crippen LogP contribution in [0, 0.1) is 11.8 Å². The summed E-state index contributed by atoms with van der Waals surface area (Å²) in [6, 6.07) is 0. The van der Waals surface area contributed by atoms with Crippen LogP contribution >= 0.6 is 0 Å². The van der Waals surface area contributed by atoms with E-state index in [0.29, 0.717) is 25.2 Å². The summed E-state index contributed by atoms with van der Waals surface area (Å²) in [5, 5.41) is 9.83. The number of ether oxygens (including phenoxy) is 1. The van der Waals surface area contributed by atoms with Crippen molar-refractivity contribution in [1.29, 1.82) is 0 Å². The molecule has 2 rings (SSSR count). The molecule has 1 heterocycles. The van der Waals surface area contributed by atoms with Gasteiger partial charge in [0.05, 0.1) is 5.57 Å². The molecule has 1 aliphatic carbocycles. The molecule has 1 saturated carbocycles. The van der Waals surface area contributed by atoms with Crippen LogP contribution in [-0.2, 0) is 14.3 Å². The maximum Gasteiger partial charge on any atom is 0.170 e. The molecule has 0 amide bonds. The minimum absolute atomic E-state index is 0.0112. The molecule has 4 heteroatoms. The molecule has 0 spiro atoms. The van der Waals surface area contributed by atoms with Gasteiger partial charge in [-0.05, 0) is 31.1 Å². The van der Waals surface area contributed by atoms with E-state index >= 15 is 0 Å². The number of ketones is 2. The molecule has 2 aliphatic rings. The Kier molecular flexibility index (Phi) is 4.75. The highest BCUT2D eigenvalue weighted by atomic mass is 16.5. The first-order valence-corrected chi connectivity index (χ1v) is 7.19. The smallest absolute Gasteiger partial charge is 0.170 e. The standard InChI is InChI=1S/C15H22O4/c1-2-3-12(16)15-13(17)8-11(9-14(15)18)10-4-6-19-7-5-10/h10-11,16H,2-9H2,1H3. The fourth-order valence-electron chi connectivity index (χ4n) is 3.11. The molecule has 1 aliphatic heterocycles. The van der Waals surface area contributed by atoms with E-state index in [-0.39, 0.29) is 28.8 Å². The van der Waals surface area contributed by atoms with Crippen molar-refractivity contribution >= 4 is 11.6 Å². The van der Waals surface area contributed by atoms with Crippen LogP contribution in [0.4, 0.5) is 0 Å². The first-order chi connectivity index (χ1) is 9.13. The van der Waals surface area contributed by atoms with Gasteiger partial charge in [-0.15, -0.1) is 0 Å². The Morgan fingerprint density at radius 1 is 1.16 bits per heavy atom. The van der Waals surface area contributed by atoms with E-state index in [9.17, 15) is 14.7 Å². The predicted molar refractivity (Wildman–Crippen MR) is 70.8 cm³/mol. The topological polar surface area (TPSA) is 63.6 Å². The lowest BCUT2D eigenvalue weighted by molar-refractivity contribution is -0.127. The summed E-state index contributed by atoms with van der Waals surface area (Å²) in [7, 11) is 0. The molecule has 19 heavy (non-hydrogen) atoms. The third kappa shape index (κ3) is 3.24. The minimum Gasteiger partial charge on any atom is -0.511 e. The first-order valence-electron chi connectivity index (χ1n) is 7.19. The Bertz CT molecular complexity index is 371. The van der Waals surface area contributed by atoms with E-state index in [1.165, 1.54) is 0 Å². The molecule has 0 radical (unpaired) electrons. The van der Waals surface area contributed by atoms with Gasteiger partial charge in [-0.1, -0.05) is 6.92 Å². The fraction of sp³-hybridized carbons (Fsp3) is 0.733. The summed E-state index contributed by atoms with van der Waals surface area (Å²) in [6.45, 7) is 3.38. The lowest BCUT2D eigenvalue weighted by Crippen LogP contribution is -2.33.